The molecule has 1 aromatic carbocycles. The van der Waals surface area contributed by atoms with Crippen LogP contribution in [0.2, 0.25) is 0 Å². The van der Waals surface area contributed by atoms with Crippen LogP contribution in [0.15, 0.2) is 36.5 Å². The van der Waals surface area contributed by atoms with E-state index in [9.17, 15) is 19.1 Å². The summed E-state index contributed by atoms with van der Waals surface area (Å²) < 4.78 is 24.6. The molecule has 3 N–H and O–H groups in total. The lowest BCUT2D eigenvalue weighted by Crippen LogP contribution is -2.40. The number of carboxylic acids is 1. The Labute approximate surface area is 171 Å². The number of ether oxygens (including phenoxy) is 2. The number of nitrogens with zero attached hydrogens (tertiary/aromatic N) is 1. The zero-order valence-corrected chi connectivity index (χ0v) is 15.9. The molecule has 8 nitrogen and oxygen atoms in total. The molecular weight excluding hydrogens is 395 g/mol. The molecule has 1 aromatic heterocycles. The predicted octanol–water partition coefficient (Wildman–Crippen LogP) is 1.72. The molecule has 0 atom stereocenters. The molecule has 1 aliphatic rings. The van der Waals surface area contributed by atoms with Gasteiger partial charge in [-0.2, -0.15) is 0 Å². The first-order chi connectivity index (χ1) is 14.4. The molecule has 2 aromatic rings. The van der Waals surface area contributed by atoms with Gasteiger partial charge in [0.15, 0.2) is 11.3 Å². The molecule has 0 bridgehead atoms. The van der Waals surface area contributed by atoms with Crippen LogP contribution in [0.5, 0.6) is 11.5 Å². The summed E-state index contributed by atoms with van der Waals surface area (Å²) in [5.74, 6) is 3.60. The highest BCUT2D eigenvalue weighted by molar-refractivity contribution is 5.96. The Morgan fingerprint density at radius 1 is 1.27 bits per heavy atom. The van der Waals surface area contributed by atoms with Gasteiger partial charge in [0.2, 0.25) is 0 Å². The number of rotatable bonds is 5. The number of benzene rings is 1. The Morgan fingerprint density at radius 3 is 2.60 bits per heavy atom. The average molecular weight is 414 g/mol. The molecule has 0 spiro atoms. The SMILES string of the molecule is O=C(O)CNC(=O)c1ncc(C#CC2(Oc3ccc(F)cc3)CCOCC2)cc1O. The minimum absolute atomic E-state index is 0.301. The van der Waals surface area contributed by atoms with Gasteiger partial charge in [0.25, 0.3) is 5.91 Å². The Kier molecular flexibility index (Phi) is 6.49. The molecule has 0 aliphatic carbocycles. The number of aromatic nitrogens is 1. The van der Waals surface area contributed by atoms with Crippen molar-refractivity contribution in [1.82, 2.24) is 10.3 Å². The van der Waals surface area contributed by atoms with E-state index in [2.05, 4.69) is 22.1 Å². The molecule has 1 aliphatic heterocycles. The third-order valence-electron chi connectivity index (χ3n) is 4.34. The first kappa shape index (κ1) is 21.1. The van der Waals surface area contributed by atoms with Crippen molar-refractivity contribution in [1.29, 1.82) is 0 Å². The highest BCUT2D eigenvalue weighted by atomic mass is 19.1. The summed E-state index contributed by atoms with van der Waals surface area (Å²) in [6.07, 6.45) is 2.28. The monoisotopic (exact) mass is 414 g/mol. The zero-order valence-electron chi connectivity index (χ0n) is 15.9. The molecule has 1 fully saturated rings. The van der Waals surface area contributed by atoms with Crippen LogP contribution in [0, 0.1) is 17.7 Å². The number of hydrogen-bond donors (Lipinski definition) is 3. The Bertz CT molecular complexity index is 991. The molecule has 0 saturated carbocycles. The Balaban J connectivity index is 1.80. The molecule has 3 rings (SSSR count). The third-order valence-corrected chi connectivity index (χ3v) is 4.34. The fraction of sp³-hybridized carbons (Fsp3) is 0.286. The van der Waals surface area contributed by atoms with E-state index in [4.69, 9.17) is 14.6 Å². The van der Waals surface area contributed by atoms with Crippen LogP contribution in [0.4, 0.5) is 4.39 Å². The van der Waals surface area contributed by atoms with Gasteiger partial charge in [-0.1, -0.05) is 5.92 Å². The van der Waals surface area contributed by atoms with E-state index >= 15 is 0 Å². The maximum atomic E-state index is 13.2. The molecular formula is C21H19FN2O6. The molecule has 9 heteroatoms. The number of carbonyl (C=O) groups excluding carboxylic acids is 1. The number of halogens is 1. The van der Waals surface area contributed by atoms with E-state index < -0.39 is 29.8 Å². The lowest BCUT2D eigenvalue weighted by molar-refractivity contribution is -0.135. The summed E-state index contributed by atoms with van der Waals surface area (Å²) in [5.41, 5.74) is -0.815. The first-order valence-corrected chi connectivity index (χ1v) is 9.11. The topological polar surface area (TPSA) is 118 Å². The summed E-state index contributed by atoms with van der Waals surface area (Å²) in [6, 6.07) is 6.90. The van der Waals surface area contributed by atoms with Crippen molar-refractivity contribution in [2.75, 3.05) is 19.8 Å². The summed E-state index contributed by atoms with van der Waals surface area (Å²) in [5, 5.41) is 20.8. The smallest absolute Gasteiger partial charge is 0.322 e. The van der Waals surface area contributed by atoms with Crippen molar-refractivity contribution < 1.29 is 33.7 Å². The van der Waals surface area contributed by atoms with Crippen molar-refractivity contribution >= 4 is 11.9 Å². The lowest BCUT2D eigenvalue weighted by Gasteiger charge is -2.33. The third kappa shape index (κ3) is 5.46. The molecule has 1 saturated heterocycles. The van der Waals surface area contributed by atoms with Crippen molar-refractivity contribution in [3.63, 3.8) is 0 Å². The van der Waals surface area contributed by atoms with Gasteiger partial charge in [0.05, 0.1) is 13.2 Å². The van der Waals surface area contributed by atoms with Gasteiger partial charge >= 0.3 is 5.97 Å². The number of amides is 1. The molecule has 2 heterocycles. The minimum atomic E-state index is -1.21. The van der Waals surface area contributed by atoms with Gasteiger partial charge in [-0.15, -0.1) is 0 Å². The summed E-state index contributed by atoms with van der Waals surface area (Å²) >= 11 is 0. The van der Waals surface area contributed by atoms with E-state index in [0.29, 0.717) is 37.4 Å². The van der Waals surface area contributed by atoms with Crippen molar-refractivity contribution in [3.8, 4) is 23.3 Å². The van der Waals surface area contributed by atoms with Gasteiger partial charge in [-0.25, -0.2) is 9.37 Å². The quantitative estimate of drug-likeness (QED) is 0.638. The Hall–Kier alpha value is -3.64. The fourth-order valence-electron chi connectivity index (χ4n) is 2.80. The molecule has 156 valence electrons. The van der Waals surface area contributed by atoms with E-state index in [1.165, 1.54) is 36.5 Å². The van der Waals surface area contributed by atoms with E-state index in [-0.39, 0.29) is 11.5 Å². The van der Waals surface area contributed by atoms with Crippen molar-refractivity contribution in [2.24, 2.45) is 0 Å². The van der Waals surface area contributed by atoms with Gasteiger partial charge in [0, 0.05) is 24.6 Å². The van der Waals surface area contributed by atoms with Crippen LogP contribution < -0.4 is 10.1 Å². The van der Waals surface area contributed by atoms with Crippen LogP contribution in [-0.4, -0.2) is 52.4 Å². The molecule has 0 radical (unpaired) electrons. The summed E-state index contributed by atoms with van der Waals surface area (Å²) in [4.78, 5) is 26.3. The van der Waals surface area contributed by atoms with Crippen molar-refractivity contribution in [3.05, 3.63) is 53.6 Å². The van der Waals surface area contributed by atoms with Crippen LogP contribution in [0.1, 0.15) is 28.9 Å². The van der Waals surface area contributed by atoms with Crippen LogP contribution in [-0.2, 0) is 9.53 Å². The largest absolute Gasteiger partial charge is 0.505 e. The number of nitrogens with one attached hydrogen (secondary N) is 1. The maximum Gasteiger partial charge on any atom is 0.322 e. The van der Waals surface area contributed by atoms with Crippen LogP contribution in [0.3, 0.4) is 0 Å². The van der Waals surface area contributed by atoms with E-state index in [0.717, 1.165) is 0 Å². The second kappa shape index (κ2) is 9.24. The number of pyridine rings is 1. The predicted molar refractivity (Wildman–Crippen MR) is 103 cm³/mol. The Morgan fingerprint density at radius 2 is 1.97 bits per heavy atom. The molecule has 1 amide bonds. The zero-order chi connectivity index (χ0) is 21.6. The highest BCUT2D eigenvalue weighted by Gasteiger charge is 2.33. The standard InChI is InChI=1S/C21H19FN2O6/c22-15-1-3-16(4-2-15)30-21(7-9-29-10-8-21)6-5-14-11-17(25)19(23-12-14)20(28)24-13-18(26)27/h1-4,11-12,25H,7-10,13H2,(H,24,28)(H,26,27). The molecule has 0 unspecified atom stereocenters. The highest BCUT2D eigenvalue weighted by Crippen LogP contribution is 2.28. The number of aromatic hydroxyl groups is 1. The van der Waals surface area contributed by atoms with Crippen LogP contribution in [0.25, 0.3) is 0 Å². The number of aliphatic carboxylic acids is 1. The van der Waals surface area contributed by atoms with E-state index in [1.54, 1.807) is 0 Å². The van der Waals surface area contributed by atoms with Crippen LogP contribution >= 0.6 is 0 Å². The maximum absolute atomic E-state index is 13.2. The average Bonchev–Trinajstić information content (AvgIpc) is 2.73. The normalized spacial score (nSPS) is 14.8. The summed E-state index contributed by atoms with van der Waals surface area (Å²) in [6.45, 7) is 0.303. The van der Waals surface area contributed by atoms with Gasteiger partial charge in [0.1, 0.15) is 23.9 Å². The lowest BCUT2D eigenvalue weighted by atomic mass is 9.94. The number of carboxylic acid groups (broad SMARTS) is 1. The summed E-state index contributed by atoms with van der Waals surface area (Å²) in [7, 11) is 0. The fourth-order valence-corrected chi connectivity index (χ4v) is 2.80. The second-order valence-corrected chi connectivity index (χ2v) is 6.58. The number of hydrogen-bond acceptors (Lipinski definition) is 6. The molecule has 30 heavy (non-hydrogen) atoms. The second-order valence-electron chi connectivity index (χ2n) is 6.58. The first-order valence-electron chi connectivity index (χ1n) is 9.11. The number of carbonyl (C=O) groups is 2. The van der Waals surface area contributed by atoms with Gasteiger partial charge < -0.3 is 25.0 Å². The minimum Gasteiger partial charge on any atom is -0.505 e. The van der Waals surface area contributed by atoms with Gasteiger partial charge in [-0.05, 0) is 36.3 Å². The van der Waals surface area contributed by atoms with Gasteiger partial charge in [-0.3, -0.25) is 9.59 Å². The van der Waals surface area contributed by atoms with Crippen molar-refractivity contribution in [2.45, 2.75) is 18.4 Å². The van der Waals surface area contributed by atoms with E-state index in [1.807, 2.05) is 0 Å².